The van der Waals surface area contributed by atoms with Crippen molar-refractivity contribution in [2.75, 3.05) is 18.5 Å². The van der Waals surface area contributed by atoms with Crippen LogP contribution < -0.4 is 26.7 Å². The van der Waals surface area contributed by atoms with Gasteiger partial charge in [0.2, 0.25) is 0 Å². The Balaban J connectivity index is 1.43. The standard InChI is InChI=1S/C37H37F3N4O6Si/c1-36(2,3)51(27-17-9-5-10-18-27,28-19-11-6-12-20-28)49-24-30-29(45)22-31(50-30)44-23-26(16-13-21-41-34(47)37(38,39)40)32(43-35(44)48)42-33(46)25-14-7-4-8-15-25/h4-12,14-15,17-20,23,29-31,45H,21-22,24H2,1-3H3,(H,41,47)(H,42,43,46,48)/t29-,30-,31-/m1/s1. The van der Waals surface area contributed by atoms with Crippen LogP contribution in [0, 0.1) is 11.8 Å². The van der Waals surface area contributed by atoms with Crippen molar-refractivity contribution < 1.29 is 37.0 Å². The Hall–Kier alpha value is -5.07. The number of nitrogens with one attached hydrogen (secondary N) is 2. The Bertz CT molecular complexity index is 1920. The van der Waals surface area contributed by atoms with Gasteiger partial charge in [0.05, 0.1) is 24.8 Å². The smallest absolute Gasteiger partial charge is 0.405 e. The van der Waals surface area contributed by atoms with E-state index < -0.39 is 57.0 Å². The first kappa shape index (κ1) is 37.2. The Morgan fingerprint density at radius 1 is 0.980 bits per heavy atom. The number of nitrogens with zero attached hydrogens (tertiary/aromatic N) is 2. The van der Waals surface area contributed by atoms with Crippen molar-refractivity contribution in [1.82, 2.24) is 14.9 Å². The van der Waals surface area contributed by atoms with Crippen molar-refractivity contribution >= 4 is 36.3 Å². The molecule has 0 radical (unpaired) electrons. The van der Waals surface area contributed by atoms with Crippen molar-refractivity contribution in [3.63, 3.8) is 0 Å². The van der Waals surface area contributed by atoms with Crippen molar-refractivity contribution in [3.05, 3.63) is 119 Å². The van der Waals surface area contributed by atoms with E-state index in [9.17, 15) is 32.7 Å². The minimum absolute atomic E-state index is 0.00388. The fraction of sp³-hybridized carbons (Fsp3) is 0.297. The van der Waals surface area contributed by atoms with E-state index in [1.54, 1.807) is 23.5 Å². The van der Waals surface area contributed by atoms with Crippen LogP contribution in [0.15, 0.2) is 102 Å². The number of hydrogen-bond acceptors (Lipinski definition) is 7. The maximum atomic E-state index is 13.3. The monoisotopic (exact) mass is 718 g/mol. The number of rotatable bonds is 9. The van der Waals surface area contributed by atoms with Crippen LogP contribution >= 0.6 is 0 Å². The highest BCUT2D eigenvalue weighted by Crippen LogP contribution is 2.38. The lowest BCUT2D eigenvalue weighted by Gasteiger charge is -2.43. The van der Waals surface area contributed by atoms with Gasteiger partial charge in [-0.05, 0) is 27.5 Å². The summed E-state index contributed by atoms with van der Waals surface area (Å²) in [4.78, 5) is 41.5. The van der Waals surface area contributed by atoms with Crippen molar-refractivity contribution in [2.24, 2.45) is 0 Å². The van der Waals surface area contributed by atoms with Gasteiger partial charge in [0.25, 0.3) is 14.2 Å². The van der Waals surface area contributed by atoms with Crippen LogP contribution in [0.4, 0.5) is 19.0 Å². The van der Waals surface area contributed by atoms with Gasteiger partial charge in [-0.2, -0.15) is 18.2 Å². The molecule has 3 N–H and O–H groups in total. The number of carbonyl (C=O) groups is 2. The third-order valence-corrected chi connectivity index (χ3v) is 13.4. The van der Waals surface area contributed by atoms with Gasteiger partial charge >= 0.3 is 17.8 Å². The molecule has 2 heterocycles. The van der Waals surface area contributed by atoms with Gasteiger partial charge in [-0.25, -0.2) is 4.79 Å². The molecule has 14 heteroatoms. The number of aromatic nitrogens is 2. The molecule has 0 spiro atoms. The number of carbonyl (C=O) groups excluding carboxylic acids is 2. The zero-order valence-corrected chi connectivity index (χ0v) is 29.1. The molecule has 266 valence electrons. The van der Waals surface area contributed by atoms with Crippen LogP contribution in [0.2, 0.25) is 5.04 Å². The molecule has 0 aliphatic carbocycles. The quantitative estimate of drug-likeness (QED) is 0.178. The average molecular weight is 719 g/mol. The Morgan fingerprint density at radius 2 is 1.55 bits per heavy atom. The lowest BCUT2D eigenvalue weighted by molar-refractivity contribution is -0.173. The third-order valence-electron chi connectivity index (χ3n) is 8.43. The first-order valence-electron chi connectivity index (χ1n) is 16.1. The summed E-state index contributed by atoms with van der Waals surface area (Å²) < 4.78 is 52.2. The molecule has 0 bridgehead atoms. The van der Waals surface area contributed by atoms with Crippen LogP contribution in [0.5, 0.6) is 0 Å². The van der Waals surface area contributed by atoms with Crippen LogP contribution in [0.25, 0.3) is 0 Å². The van der Waals surface area contributed by atoms with E-state index in [1.807, 2.05) is 60.7 Å². The molecule has 1 aliphatic heterocycles. The summed E-state index contributed by atoms with van der Waals surface area (Å²) in [6.45, 7) is 5.69. The molecular weight excluding hydrogens is 682 g/mol. The zero-order valence-electron chi connectivity index (χ0n) is 28.1. The Morgan fingerprint density at radius 3 is 2.10 bits per heavy atom. The summed E-state index contributed by atoms with van der Waals surface area (Å²) in [6, 6.07) is 28.0. The molecule has 10 nitrogen and oxygen atoms in total. The van der Waals surface area contributed by atoms with Crippen LogP contribution in [0.3, 0.4) is 0 Å². The highest BCUT2D eigenvalue weighted by molar-refractivity contribution is 6.99. The first-order valence-corrected chi connectivity index (χ1v) is 18.0. The fourth-order valence-corrected chi connectivity index (χ4v) is 10.6. The normalized spacial score (nSPS) is 17.7. The number of anilines is 1. The third kappa shape index (κ3) is 8.46. The summed E-state index contributed by atoms with van der Waals surface area (Å²) >= 11 is 0. The van der Waals surface area contributed by atoms with E-state index in [4.69, 9.17) is 9.16 Å². The molecule has 4 aromatic rings. The molecule has 51 heavy (non-hydrogen) atoms. The van der Waals surface area contributed by atoms with E-state index in [1.165, 1.54) is 18.3 Å². The topological polar surface area (TPSA) is 132 Å². The lowest BCUT2D eigenvalue weighted by atomic mass is 10.2. The van der Waals surface area contributed by atoms with E-state index >= 15 is 0 Å². The predicted octanol–water partition coefficient (Wildman–Crippen LogP) is 3.75. The highest BCUT2D eigenvalue weighted by atomic mass is 28.4. The second-order valence-electron chi connectivity index (χ2n) is 12.9. The molecule has 3 aromatic carbocycles. The molecule has 1 aromatic heterocycles. The summed E-state index contributed by atoms with van der Waals surface area (Å²) in [5.74, 6) is 1.96. The van der Waals surface area contributed by atoms with Gasteiger partial charge in [-0.15, -0.1) is 0 Å². The van der Waals surface area contributed by atoms with E-state index in [2.05, 4.69) is 42.9 Å². The number of benzene rings is 3. The van der Waals surface area contributed by atoms with Gasteiger partial charge in [0.15, 0.2) is 5.82 Å². The summed E-state index contributed by atoms with van der Waals surface area (Å²) in [5, 5.41) is 17.1. The maximum Gasteiger partial charge on any atom is 0.471 e. The molecule has 1 fully saturated rings. The van der Waals surface area contributed by atoms with Crippen LogP contribution in [-0.4, -0.2) is 66.3 Å². The van der Waals surface area contributed by atoms with Gasteiger partial charge in [0.1, 0.15) is 12.3 Å². The second-order valence-corrected chi connectivity index (χ2v) is 17.2. The molecule has 5 rings (SSSR count). The summed E-state index contributed by atoms with van der Waals surface area (Å²) in [5.41, 5.74) is -0.615. The molecule has 3 atom stereocenters. The largest absolute Gasteiger partial charge is 0.471 e. The molecular formula is C37H37F3N4O6Si. The Kier molecular flexibility index (Phi) is 11.3. The first-order chi connectivity index (χ1) is 24.2. The molecule has 2 amide bonds. The lowest BCUT2D eigenvalue weighted by Crippen LogP contribution is -2.67. The van der Waals surface area contributed by atoms with E-state index in [-0.39, 0.29) is 35.0 Å². The van der Waals surface area contributed by atoms with Gasteiger partial charge in [-0.3, -0.25) is 14.2 Å². The molecule has 0 unspecified atom stereocenters. The zero-order chi connectivity index (χ0) is 36.8. The minimum Gasteiger partial charge on any atom is -0.405 e. The van der Waals surface area contributed by atoms with Gasteiger partial charge in [0, 0.05) is 18.2 Å². The molecule has 1 saturated heterocycles. The fourth-order valence-electron chi connectivity index (χ4n) is 6.00. The minimum atomic E-state index is -5.09. The molecule has 1 aliphatic rings. The van der Waals surface area contributed by atoms with Gasteiger partial charge < -0.3 is 24.9 Å². The Labute approximate surface area is 293 Å². The van der Waals surface area contributed by atoms with E-state index in [0.717, 1.165) is 14.9 Å². The number of aliphatic hydroxyl groups is 1. The average Bonchev–Trinajstić information content (AvgIpc) is 3.47. The maximum absolute atomic E-state index is 13.3. The summed E-state index contributed by atoms with van der Waals surface area (Å²) in [6.07, 6.45) is -6.75. The van der Waals surface area contributed by atoms with Crippen molar-refractivity contribution in [1.29, 1.82) is 0 Å². The number of halogens is 3. The molecule has 0 saturated carbocycles. The second kappa shape index (κ2) is 15.4. The number of ether oxygens (including phenoxy) is 1. The number of aliphatic hydroxyl groups excluding tert-OH is 1. The number of hydrogen-bond donors (Lipinski definition) is 3. The van der Waals surface area contributed by atoms with E-state index in [0.29, 0.717) is 0 Å². The van der Waals surface area contributed by atoms with Crippen molar-refractivity contribution in [2.45, 2.75) is 56.8 Å². The number of amides is 2. The highest BCUT2D eigenvalue weighted by Gasteiger charge is 2.51. The SMILES string of the molecule is CC(C)(C)[Si](OC[C@H]1O[C@@H](n2cc(C#CCNC(=O)C(F)(F)F)c(NC(=O)c3ccccc3)nc2=O)C[C@H]1O)(c1ccccc1)c1ccccc1. The predicted molar refractivity (Wildman–Crippen MR) is 187 cm³/mol. The summed E-state index contributed by atoms with van der Waals surface area (Å²) in [7, 11) is -2.99. The van der Waals surface area contributed by atoms with Crippen LogP contribution in [0.1, 0.15) is 49.3 Å². The van der Waals surface area contributed by atoms with Crippen LogP contribution in [-0.2, 0) is 14.0 Å². The number of alkyl halides is 3. The van der Waals surface area contributed by atoms with Gasteiger partial charge in [-0.1, -0.05) is 111 Å². The van der Waals surface area contributed by atoms with Crippen molar-refractivity contribution in [3.8, 4) is 11.8 Å².